The molecule has 2 heterocycles. The minimum absolute atomic E-state index is 0.0510. The molecule has 1 aliphatic rings. The molecule has 2 aromatic rings. The first-order valence-electron chi connectivity index (χ1n) is 10.9. The van der Waals surface area contributed by atoms with Crippen LogP contribution in [0.3, 0.4) is 0 Å². The molecule has 0 unspecified atom stereocenters. The summed E-state index contributed by atoms with van der Waals surface area (Å²) >= 11 is 13.3. The minimum atomic E-state index is -3.09. The number of alkyl halides is 2. The second-order valence-corrected chi connectivity index (χ2v) is 11.4. The van der Waals surface area contributed by atoms with Gasteiger partial charge in [-0.1, -0.05) is 44.0 Å². The topological polar surface area (TPSA) is 99.8 Å². The van der Waals surface area contributed by atoms with E-state index in [-0.39, 0.29) is 43.4 Å². The summed E-state index contributed by atoms with van der Waals surface area (Å²) in [5.41, 5.74) is -1.10. The van der Waals surface area contributed by atoms with Crippen LogP contribution in [0, 0.1) is 0 Å². The lowest BCUT2D eigenvalue weighted by atomic mass is 9.93. The van der Waals surface area contributed by atoms with E-state index in [2.05, 4.69) is 20.7 Å². The van der Waals surface area contributed by atoms with Crippen LogP contribution in [0.1, 0.15) is 49.9 Å². The summed E-state index contributed by atoms with van der Waals surface area (Å²) < 4.78 is 29.3. The second kappa shape index (κ2) is 10.4. The molecule has 1 aromatic carbocycles. The average molecular weight is 563 g/mol. The molecule has 36 heavy (non-hydrogen) atoms. The summed E-state index contributed by atoms with van der Waals surface area (Å²) in [6, 6.07) is 3.40. The number of piperazine rings is 1. The van der Waals surface area contributed by atoms with Crippen molar-refractivity contribution < 1.29 is 27.9 Å². The molecule has 3 N–H and O–H groups in total. The van der Waals surface area contributed by atoms with Gasteiger partial charge >= 0.3 is 12.6 Å². The Morgan fingerprint density at radius 1 is 1.19 bits per heavy atom. The monoisotopic (exact) mass is 562 g/mol. The number of ether oxygens (including phenoxy) is 1. The number of benzene rings is 1. The molecule has 0 radical (unpaired) electrons. The number of amides is 4. The van der Waals surface area contributed by atoms with Crippen LogP contribution in [0.2, 0.25) is 10.0 Å². The number of nitrogens with zero attached hydrogens (tertiary/aromatic N) is 1. The summed E-state index contributed by atoms with van der Waals surface area (Å²) in [5, 5.41) is 7.73. The Hall–Kier alpha value is -2.63. The lowest BCUT2D eigenvalue weighted by Crippen LogP contribution is -2.63. The number of urea groups is 1. The van der Waals surface area contributed by atoms with Gasteiger partial charge in [0, 0.05) is 18.0 Å². The highest BCUT2D eigenvalue weighted by Gasteiger charge is 2.42. The number of anilines is 2. The van der Waals surface area contributed by atoms with E-state index in [1.54, 1.807) is 19.9 Å². The number of carbonyl (C=O) groups is 3. The lowest BCUT2D eigenvalue weighted by molar-refractivity contribution is -0.133. The maximum atomic E-state index is 13.6. The SMILES string of the molecule is CC(C)(C)c1cc(C(=O)N2CCNC(=O)C2(C)C)c(NC(=O)Nc2ccc(OC(F)F)c(Cl)c2Cl)s1. The molecule has 13 heteroatoms. The van der Waals surface area contributed by atoms with Crippen LogP contribution >= 0.6 is 34.5 Å². The summed E-state index contributed by atoms with van der Waals surface area (Å²) in [7, 11) is 0. The first-order chi connectivity index (χ1) is 16.6. The van der Waals surface area contributed by atoms with Gasteiger partial charge in [0.15, 0.2) is 0 Å². The molecule has 1 saturated heterocycles. The lowest BCUT2D eigenvalue weighted by Gasteiger charge is -2.41. The van der Waals surface area contributed by atoms with E-state index < -0.39 is 24.1 Å². The van der Waals surface area contributed by atoms with Gasteiger partial charge in [-0.3, -0.25) is 14.9 Å². The van der Waals surface area contributed by atoms with Crippen molar-refractivity contribution >= 4 is 63.1 Å². The fourth-order valence-electron chi connectivity index (χ4n) is 3.48. The van der Waals surface area contributed by atoms with Crippen LogP contribution in [0.15, 0.2) is 18.2 Å². The predicted octanol–water partition coefficient (Wildman–Crippen LogP) is 5.95. The van der Waals surface area contributed by atoms with E-state index in [9.17, 15) is 23.2 Å². The molecular weight excluding hydrogens is 537 g/mol. The van der Waals surface area contributed by atoms with Crippen molar-refractivity contribution in [2.75, 3.05) is 23.7 Å². The summed E-state index contributed by atoms with van der Waals surface area (Å²) in [5.74, 6) is -1.00. The molecule has 1 aliphatic heterocycles. The molecular formula is C23H26Cl2F2N4O4S. The minimum Gasteiger partial charge on any atom is -0.433 e. The van der Waals surface area contributed by atoms with Crippen molar-refractivity contribution in [3.05, 3.63) is 38.7 Å². The number of carbonyl (C=O) groups excluding carboxylic acids is 3. The van der Waals surface area contributed by atoms with Gasteiger partial charge in [0.2, 0.25) is 5.91 Å². The molecule has 0 saturated carbocycles. The summed E-state index contributed by atoms with van der Waals surface area (Å²) in [6.07, 6.45) is 0. The largest absolute Gasteiger partial charge is 0.433 e. The third-order valence-electron chi connectivity index (χ3n) is 5.54. The number of hydrogen-bond acceptors (Lipinski definition) is 5. The van der Waals surface area contributed by atoms with Crippen LogP contribution in [0.5, 0.6) is 5.75 Å². The van der Waals surface area contributed by atoms with Gasteiger partial charge in [-0.2, -0.15) is 8.78 Å². The van der Waals surface area contributed by atoms with Crippen LogP contribution in [-0.2, 0) is 10.2 Å². The zero-order valence-electron chi connectivity index (χ0n) is 20.2. The zero-order chi connectivity index (χ0) is 27.0. The Kier molecular flexibility index (Phi) is 8.07. The molecule has 0 atom stereocenters. The maximum Gasteiger partial charge on any atom is 0.387 e. The maximum absolute atomic E-state index is 13.6. The highest BCUT2D eigenvalue weighted by atomic mass is 35.5. The molecule has 0 spiro atoms. The molecule has 4 amide bonds. The number of nitrogens with one attached hydrogen (secondary N) is 3. The van der Waals surface area contributed by atoms with Gasteiger partial charge in [0.05, 0.1) is 16.3 Å². The van der Waals surface area contributed by atoms with Crippen LogP contribution in [0.4, 0.5) is 24.3 Å². The first-order valence-corrected chi connectivity index (χ1v) is 12.5. The van der Waals surface area contributed by atoms with Crippen molar-refractivity contribution in [1.82, 2.24) is 10.2 Å². The van der Waals surface area contributed by atoms with Crippen molar-refractivity contribution in [2.24, 2.45) is 0 Å². The van der Waals surface area contributed by atoms with E-state index >= 15 is 0 Å². The zero-order valence-corrected chi connectivity index (χ0v) is 22.6. The molecule has 1 fully saturated rings. The third-order valence-corrected chi connectivity index (χ3v) is 7.88. The first kappa shape index (κ1) is 27.9. The third kappa shape index (κ3) is 5.84. The number of halogens is 4. The second-order valence-electron chi connectivity index (χ2n) is 9.57. The van der Waals surface area contributed by atoms with Crippen molar-refractivity contribution in [2.45, 2.75) is 52.2 Å². The van der Waals surface area contributed by atoms with E-state index in [0.717, 1.165) is 10.9 Å². The number of thiophene rings is 1. The van der Waals surface area contributed by atoms with Gasteiger partial charge in [0.1, 0.15) is 21.3 Å². The highest BCUT2D eigenvalue weighted by molar-refractivity contribution is 7.16. The number of hydrogen-bond donors (Lipinski definition) is 3. The van der Waals surface area contributed by atoms with Gasteiger partial charge in [-0.15, -0.1) is 11.3 Å². The van der Waals surface area contributed by atoms with Gasteiger partial charge < -0.3 is 20.3 Å². The Bertz CT molecular complexity index is 1200. The van der Waals surface area contributed by atoms with Crippen molar-refractivity contribution in [1.29, 1.82) is 0 Å². The Balaban J connectivity index is 1.89. The molecule has 3 rings (SSSR count). The quantitative estimate of drug-likeness (QED) is 0.419. The van der Waals surface area contributed by atoms with Crippen molar-refractivity contribution in [3.8, 4) is 5.75 Å². The Morgan fingerprint density at radius 3 is 2.47 bits per heavy atom. The smallest absolute Gasteiger partial charge is 0.387 e. The fraction of sp³-hybridized carbons (Fsp3) is 0.435. The predicted molar refractivity (Wildman–Crippen MR) is 137 cm³/mol. The van der Waals surface area contributed by atoms with Crippen LogP contribution in [-0.4, -0.2) is 48.0 Å². The molecule has 196 valence electrons. The molecule has 0 aliphatic carbocycles. The van der Waals surface area contributed by atoms with E-state index in [0.29, 0.717) is 13.1 Å². The molecule has 1 aromatic heterocycles. The molecule has 8 nitrogen and oxygen atoms in total. The van der Waals surface area contributed by atoms with Gasteiger partial charge in [-0.05, 0) is 37.5 Å². The fourth-order valence-corrected chi connectivity index (χ4v) is 5.00. The standard InChI is InChI=1S/C23H26Cl2F2N4O4S/c1-22(2,3)14-10-11(18(32)31-9-8-28-19(33)23(31,4)5)17(36-14)30-21(34)29-12-6-7-13(35-20(26)27)16(25)15(12)24/h6-7,10,20H,8-9H2,1-5H3,(H,28,33)(H2,29,30,34). The summed E-state index contributed by atoms with van der Waals surface area (Å²) in [4.78, 5) is 41.1. The average Bonchev–Trinajstić information content (AvgIpc) is 3.19. The van der Waals surface area contributed by atoms with Gasteiger partial charge in [0.25, 0.3) is 5.91 Å². The van der Waals surface area contributed by atoms with Crippen molar-refractivity contribution in [3.63, 3.8) is 0 Å². The normalized spacial score (nSPS) is 15.5. The Labute approximate surface area is 221 Å². The Morgan fingerprint density at radius 2 is 1.86 bits per heavy atom. The van der Waals surface area contributed by atoms with E-state index in [1.807, 2.05) is 20.8 Å². The van der Waals surface area contributed by atoms with Crippen LogP contribution in [0.25, 0.3) is 0 Å². The molecule has 0 bridgehead atoms. The highest BCUT2D eigenvalue weighted by Crippen LogP contribution is 2.40. The van der Waals surface area contributed by atoms with E-state index in [1.165, 1.54) is 22.3 Å². The van der Waals surface area contributed by atoms with Crippen LogP contribution < -0.4 is 20.7 Å². The van der Waals surface area contributed by atoms with Gasteiger partial charge in [-0.25, -0.2) is 4.79 Å². The van der Waals surface area contributed by atoms with E-state index in [4.69, 9.17) is 23.2 Å². The number of rotatable bonds is 5. The summed E-state index contributed by atoms with van der Waals surface area (Å²) in [6.45, 7) is 6.76.